The lowest BCUT2D eigenvalue weighted by molar-refractivity contribution is -0.133. The molecule has 0 aliphatic heterocycles. The second kappa shape index (κ2) is 5.98. The Balaban J connectivity index is 2.88. The van der Waals surface area contributed by atoms with E-state index in [1.54, 1.807) is 6.92 Å². The minimum absolute atomic E-state index is 0.0873. The first-order valence-electron chi connectivity index (χ1n) is 7.22. The highest BCUT2D eigenvalue weighted by Crippen LogP contribution is 2.42. The van der Waals surface area contributed by atoms with Crippen molar-refractivity contribution in [2.75, 3.05) is 0 Å². The van der Waals surface area contributed by atoms with Gasteiger partial charge in [0.1, 0.15) is 11.4 Å². The number of hydrogen-bond acceptors (Lipinski definition) is 3. The van der Waals surface area contributed by atoms with Crippen molar-refractivity contribution in [1.29, 1.82) is 0 Å². The quantitative estimate of drug-likeness (QED) is 0.610. The third-order valence-corrected chi connectivity index (χ3v) is 4.43. The SMILES string of the molecule is CCC(C)(CC(=O)C1C(C)C=CCC1(C)C)OC(=O)O. The van der Waals surface area contributed by atoms with Gasteiger partial charge in [-0.25, -0.2) is 4.79 Å². The molecule has 3 unspecified atom stereocenters. The Labute approximate surface area is 121 Å². The molecule has 0 heterocycles. The molecule has 1 aliphatic carbocycles. The smallest absolute Gasteiger partial charge is 0.450 e. The number of ether oxygens (including phenoxy) is 1. The fraction of sp³-hybridized carbons (Fsp3) is 0.750. The zero-order valence-corrected chi connectivity index (χ0v) is 13.1. The van der Waals surface area contributed by atoms with Gasteiger partial charge in [0.2, 0.25) is 0 Å². The van der Waals surface area contributed by atoms with Crippen LogP contribution in [0.1, 0.15) is 53.9 Å². The Bertz CT molecular complexity index is 411. The summed E-state index contributed by atoms with van der Waals surface area (Å²) in [7, 11) is 0. The Morgan fingerprint density at radius 3 is 2.50 bits per heavy atom. The molecule has 0 saturated heterocycles. The van der Waals surface area contributed by atoms with Gasteiger partial charge >= 0.3 is 6.16 Å². The van der Waals surface area contributed by atoms with Crippen LogP contribution in [0.2, 0.25) is 0 Å². The highest BCUT2D eigenvalue weighted by Gasteiger charge is 2.42. The molecular formula is C16H26O4. The van der Waals surface area contributed by atoms with Gasteiger partial charge < -0.3 is 9.84 Å². The molecule has 1 aliphatic rings. The fourth-order valence-electron chi connectivity index (χ4n) is 3.19. The van der Waals surface area contributed by atoms with Gasteiger partial charge in [0.25, 0.3) is 0 Å². The van der Waals surface area contributed by atoms with E-state index in [1.165, 1.54) is 0 Å². The summed E-state index contributed by atoms with van der Waals surface area (Å²) < 4.78 is 4.93. The summed E-state index contributed by atoms with van der Waals surface area (Å²) in [5.41, 5.74) is -1.02. The summed E-state index contributed by atoms with van der Waals surface area (Å²) in [5.74, 6) is 0.186. The van der Waals surface area contributed by atoms with E-state index in [4.69, 9.17) is 9.84 Å². The number of hydrogen-bond donors (Lipinski definition) is 1. The first kappa shape index (κ1) is 16.7. The van der Waals surface area contributed by atoms with Crippen molar-refractivity contribution in [3.8, 4) is 0 Å². The van der Waals surface area contributed by atoms with Crippen LogP contribution in [0.5, 0.6) is 0 Å². The van der Waals surface area contributed by atoms with Crippen LogP contribution in [0.25, 0.3) is 0 Å². The van der Waals surface area contributed by atoms with E-state index in [0.717, 1.165) is 6.42 Å². The molecule has 0 aromatic heterocycles. The van der Waals surface area contributed by atoms with Crippen LogP contribution >= 0.6 is 0 Å². The van der Waals surface area contributed by atoms with E-state index in [9.17, 15) is 9.59 Å². The summed E-state index contributed by atoms with van der Waals surface area (Å²) >= 11 is 0. The van der Waals surface area contributed by atoms with Gasteiger partial charge in [0.05, 0.1) is 0 Å². The molecule has 114 valence electrons. The molecule has 20 heavy (non-hydrogen) atoms. The van der Waals surface area contributed by atoms with E-state index in [2.05, 4.69) is 26.0 Å². The van der Waals surface area contributed by atoms with E-state index < -0.39 is 11.8 Å². The zero-order valence-electron chi connectivity index (χ0n) is 13.1. The minimum atomic E-state index is -1.32. The van der Waals surface area contributed by atoms with Gasteiger partial charge in [0.15, 0.2) is 0 Å². The lowest BCUT2D eigenvalue weighted by Crippen LogP contribution is -2.42. The number of carbonyl (C=O) groups is 2. The van der Waals surface area contributed by atoms with Crippen LogP contribution in [0.15, 0.2) is 12.2 Å². The van der Waals surface area contributed by atoms with Crippen molar-refractivity contribution in [3.05, 3.63) is 12.2 Å². The molecule has 3 atom stereocenters. The molecule has 1 rings (SSSR count). The molecule has 0 aromatic rings. The van der Waals surface area contributed by atoms with Crippen molar-refractivity contribution >= 4 is 11.9 Å². The Hall–Kier alpha value is -1.32. The fourth-order valence-corrected chi connectivity index (χ4v) is 3.19. The van der Waals surface area contributed by atoms with Crippen LogP contribution < -0.4 is 0 Å². The number of carbonyl (C=O) groups excluding carboxylic acids is 1. The molecule has 0 radical (unpaired) electrons. The molecule has 0 bridgehead atoms. The average Bonchev–Trinajstić information content (AvgIpc) is 2.25. The summed E-state index contributed by atoms with van der Waals surface area (Å²) in [4.78, 5) is 23.5. The molecule has 1 N–H and O–H groups in total. The standard InChI is InChI=1S/C16H26O4/c1-6-16(5,20-14(18)19)10-12(17)13-11(2)8-7-9-15(13,3)4/h7-8,11,13H,6,9-10H2,1-5H3,(H,18,19). The third-order valence-electron chi connectivity index (χ3n) is 4.43. The first-order valence-corrected chi connectivity index (χ1v) is 7.22. The van der Waals surface area contributed by atoms with Gasteiger partial charge in [-0.3, -0.25) is 4.79 Å². The largest absolute Gasteiger partial charge is 0.506 e. The van der Waals surface area contributed by atoms with Crippen molar-refractivity contribution in [2.45, 2.75) is 59.5 Å². The summed E-state index contributed by atoms with van der Waals surface area (Å²) in [5, 5.41) is 8.81. The first-order chi connectivity index (χ1) is 9.11. The molecule has 0 amide bonds. The maximum atomic E-state index is 12.7. The number of carboxylic acid groups (broad SMARTS) is 1. The molecule has 0 spiro atoms. The molecule has 0 saturated carbocycles. The van der Waals surface area contributed by atoms with Crippen molar-refractivity contribution in [3.63, 3.8) is 0 Å². The summed E-state index contributed by atoms with van der Waals surface area (Å²) in [6.07, 6.45) is 4.38. The van der Waals surface area contributed by atoms with E-state index in [0.29, 0.717) is 6.42 Å². The van der Waals surface area contributed by atoms with Crippen LogP contribution in [-0.4, -0.2) is 22.6 Å². The highest BCUT2D eigenvalue weighted by molar-refractivity contribution is 5.83. The van der Waals surface area contributed by atoms with Crippen LogP contribution in [0, 0.1) is 17.3 Å². The number of Topliss-reactive ketones (excluding diaryl/α,β-unsaturated/α-hetero) is 1. The zero-order chi connectivity index (χ0) is 15.6. The molecule has 4 nitrogen and oxygen atoms in total. The topological polar surface area (TPSA) is 63.6 Å². The van der Waals surface area contributed by atoms with Gasteiger partial charge in [-0.15, -0.1) is 0 Å². The van der Waals surface area contributed by atoms with Crippen LogP contribution in [0.3, 0.4) is 0 Å². The van der Waals surface area contributed by atoms with Crippen molar-refractivity contribution in [1.82, 2.24) is 0 Å². The van der Waals surface area contributed by atoms with E-state index >= 15 is 0 Å². The van der Waals surface area contributed by atoms with Gasteiger partial charge in [-0.2, -0.15) is 0 Å². The molecular weight excluding hydrogens is 256 g/mol. The second-order valence-corrected chi connectivity index (χ2v) is 6.77. The van der Waals surface area contributed by atoms with Crippen molar-refractivity contribution < 1.29 is 19.4 Å². The number of ketones is 1. The average molecular weight is 282 g/mol. The Kier molecular flexibility index (Phi) is 5.00. The lowest BCUT2D eigenvalue weighted by Gasteiger charge is -2.40. The van der Waals surface area contributed by atoms with Crippen LogP contribution in [-0.2, 0) is 9.53 Å². The predicted octanol–water partition coefficient (Wildman–Crippen LogP) is 4.05. The minimum Gasteiger partial charge on any atom is -0.450 e. The lowest BCUT2D eigenvalue weighted by atomic mass is 9.64. The second-order valence-electron chi connectivity index (χ2n) is 6.77. The van der Waals surface area contributed by atoms with Gasteiger partial charge in [-0.05, 0) is 31.1 Å². The van der Waals surface area contributed by atoms with E-state index in [-0.39, 0.29) is 29.5 Å². The predicted molar refractivity (Wildman–Crippen MR) is 77.6 cm³/mol. The number of rotatable bonds is 5. The van der Waals surface area contributed by atoms with Crippen LogP contribution in [0.4, 0.5) is 4.79 Å². The Morgan fingerprint density at radius 1 is 1.45 bits per heavy atom. The highest BCUT2D eigenvalue weighted by atomic mass is 16.7. The molecule has 0 fully saturated rings. The summed E-state index contributed by atoms with van der Waals surface area (Å²) in [6.45, 7) is 9.76. The normalized spacial score (nSPS) is 27.6. The summed E-state index contributed by atoms with van der Waals surface area (Å²) in [6, 6.07) is 0. The Morgan fingerprint density at radius 2 is 2.05 bits per heavy atom. The van der Waals surface area contributed by atoms with E-state index in [1.807, 2.05) is 13.8 Å². The third kappa shape index (κ3) is 3.84. The molecule has 0 aromatic carbocycles. The monoisotopic (exact) mass is 282 g/mol. The maximum absolute atomic E-state index is 12.7. The maximum Gasteiger partial charge on any atom is 0.506 e. The van der Waals surface area contributed by atoms with Crippen molar-refractivity contribution in [2.24, 2.45) is 17.3 Å². The molecule has 4 heteroatoms. The van der Waals surface area contributed by atoms with Gasteiger partial charge in [0, 0.05) is 12.3 Å². The number of allylic oxidation sites excluding steroid dienone is 2. The van der Waals surface area contributed by atoms with Gasteiger partial charge in [-0.1, -0.05) is 39.8 Å².